The summed E-state index contributed by atoms with van der Waals surface area (Å²) >= 11 is 2.15. The molecule has 50 valence electrons. The highest BCUT2D eigenvalue weighted by Crippen LogP contribution is 2.18. The van der Waals surface area contributed by atoms with Crippen molar-refractivity contribution < 1.29 is 9.59 Å². The quantitative estimate of drug-likeness (QED) is 0.360. The van der Waals surface area contributed by atoms with Crippen molar-refractivity contribution in [1.29, 1.82) is 0 Å². The minimum atomic E-state index is 0.102. The molecule has 0 heterocycles. The Morgan fingerprint density at radius 1 is 1.22 bits per heavy atom. The highest BCUT2D eigenvalue weighted by atomic mass is 127. The average Bonchev–Trinajstić information content (AvgIpc) is 1.59. The number of hydrogen-bond donors (Lipinski definition) is 0. The molecular formula is C6H7IO2. The lowest BCUT2D eigenvalue weighted by atomic mass is 9.98. The van der Waals surface area contributed by atoms with E-state index in [2.05, 4.69) is 22.6 Å². The first-order chi connectivity index (χ1) is 4.18. The zero-order valence-electron chi connectivity index (χ0n) is 4.89. The van der Waals surface area contributed by atoms with Crippen molar-refractivity contribution in [2.24, 2.45) is 0 Å². The van der Waals surface area contributed by atoms with Crippen LogP contribution in [0.1, 0.15) is 19.3 Å². The molecule has 0 spiro atoms. The van der Waals surface area contributed by atoms with E-state index in [0.717, 1.165) is 0 Å². The molecule has 0 saturated heterocycles. The number of carbonyl (C=O) groups is 2. The smallest absolute Gasteiger partial charge is 0.141 e. The van der Waals surface area contributed by atoms with Gasteiger partial charge in [0.15, 0.2) is 0 Å². The van der Waals surface area contributed by atoms with Gasteiger partial charge >= 0.3 is 0 Å². The molecule has 0 amide bonds. The average molecular weight is 238 g/mol. The SMILES string of the molecule is O=C1CC(=O)CC(I)C1. The van der Waals surface area contributed by atoms with Gasteiger partial charge < -0.3 is 0 Å². The van der Waals surface area contributed by atoms with Crippen LogP contribution in [-0.4, -0.2) is 15.5 Å². The molecule has 1 aliphatic rings. The van der Waals surface area contributed by atoms with Gasteiger partial charge in [0, 0.05) is 16.8 Å². The lowest BCUT2D eigenvalue weighted by molar-refractivity contribution is -0.129. The Morgan fingerprint density at radius 3 is 2.00 bits per heavy atom. The van der Waals surface area contributed by atoms with Crippen molar-refractivity contribution in [1.82, 2.24) is 0 Å². The highest BCUT2D eigenvalue weighted by molar-refractivity contribution is 14.1. The van der Waals surface area contributed by atoms with Crippen molar-refractivity contribution in [3.05, 3.63) is 0 Å². The van der Waals surface area contributed by atoms with Crippen LogP contribution < -0.4 is 0 Å². The normalized spacial score (nSPS) is 22.8. The molecule has 0 atom stereocenters. The molecule has 0 aromatic carbocycles. The summed E-state index contributed by atoms with van der Waals surface area (Å²) in [7, 11) is 0. The minimum absolute atomic E-state index is 0.102. The molecule has 3 heteroatoms. The van der Waals surface area contributed by atoms with Gasteiger partial charge in [-0.15, -0.1) is 0 Å². The van der Waals surface area contributed by atoms with Crippen molar-refractivity contribution in [3.63, 3.8) is 0 Å². The second kappa shape index (κ2) is 2.77. The summed E-state index contributed by atoms with van der Waals surface area (Å²) in [5.74, 6) is 0.205. The molecule has 0 aromatic rings. The van der Waals surface area contributed by atoms with Gasteiger partial charge in [-0.25, -0.2) is 0 Å². The number of ketones is 2. The fourth-order valence-corrected chi connectivity index (χ4v) is 1.91. The van der Waals surface area contributed by atoms with E-state index in [4.69, 9.17) is 0 Å². The van der Waals surface area contributed by atoms with E-state index in [-0.39, 0.29) is 21.9 Å². The molecule has 0 N–H and O–H groups in total. The number of carbonyl (C=O) groups excluding carboxylic acids is 2. The Kier molecular flexibility index (Phi) is 2.21. The van der Waals surface area contributed by atoms with Gasteiger partial charge in [0.1, 0.15) is 11.6 Å². The van der Waals surface area contributed by atoms with Gasteiger partial charge in [0.2, 0.25) is 0 Å². The van der Waals surface area contributed by atoms with Crippen molar-refractivity contribution in [2.75, 3.05) is 0 Å². The Hall–Kier alpha value is 0.0700. The van der Waals surface area contributed by atoms with Crippen LogP contribution in [0, 0.1) is 0 Å². The fourth-order valence-electron chi connectivity index (χ4n) is 0.930. The van der Waals surface area contributed by atoms with Crippen LogP contribution >= 0.6 is 22.6 Å². The second-order valence-corrected chi connectivity index (χ2v) is 4.02. The maximum atomic E-state index is 10.7. The van der Waals surface area contributed by atoms with Gasteiger partial charge in [0.25, 0.3) is 0 Å². The van der Waals surface area contributed by atoms with Crippen molar-refractivity contribution in [3.8, 4) is 0 Å². The first-order valence-corrected chi connectivity index (χ1v) is 4.10. The lowest BCUT2D eigenvalue weighted by Crippen LogP contribution is -2.22. The Bertz CT molecular complexity index is 137. The van der Waals surface area contributed by atoms with Gasteiger partial charge in [-0.05, 0) is 0 Å². The molecule has 0 aliphatic heterocycles. The molecule has 2 nitrogen and oxygen atoms in total. The number of Topliss-reactive ketones (excluding diaryl/α,β-unsaturated/α-hetero) is 2. The molecule has 9 heavy (non-hydrogen) atoms. The summed E-state index contributed by atoms with van der Waals surface area (Å²) in [6, 6.07) is 0. The van der Waals surface area contributed by atoms with Gasteiger partial charge in [0.05, 0.1) is 6.42 Å². The van der Waals surface area contributed by atoms with Crippen LogP contribution in [0.15, 0.2) is 0 Å². The zero-order valence-corrected chi connectivity index (χ0v) is 7.05. The van der Waals surface area contributed by atoms with E-state index >= 15 is 0 Å². The summed E-state index contributed by atoms with van der Waals surface area (Å²) in [5, 5.41) is 0. The lowest BCUT2D eigenvalue weighted by Gasteiger charge is -2.12. The van der Waals surface area contributed by atoms with Crippen LogP contribution in [0.4, 0.5) is 0 Å². The molecule has 0 radical (unpaired) electrons. The highest BCUT2D eigenvalue weighted by Gasteiger charge is 2.22. The van der Waals surface area contributed by atoms with E-state index in [1.54, 1.807) is 0 Å². The van der Waals surface area contributed by atoms with Crippen LogP contribution in [0.25, 0.3) is 0 Å². The molecule has 1 aliphatic carbocycles. The van der Waals surface area contributed by atoms with E-state index < -0.39 is 0 Å². The van der Waals surface area contributed by atoms with Gasteiger partial charge in [-0.1, -0.05) is 22.6 Å². The number of hydrogen-bond acceptors (Lipinski definition) is 2. The van der Waals surface area contributed by atoms with Gasteiger partial charge in [-0.2, -0.15) is 0 Å². The van der Waals surface area contributed by atoms with Crippen LogP contribution in [0.2, 0.25) is 0 Å². The first kappa shape index (κ1) is 7.18. The minimum Gasteiger partial charge on any atom is -0.299 e. The summed E-state index contributed by atoms with van der Waals surface area (Å²) in [5.41, 5.74) is 0. The van der Waals surface area contributed by atoms with Crippen molar-refractivity contribution in [2.45, 2.75) is 23.2 Å². The predicted octanol–water partition coefficient (Wildman–Crippen LogP) is 1.11. The first-order valence-electron chi connectivity index (χ1n) is 2.86. The molecular weight excluding hydrogens is 231 g/mol. The molecule has 1 rings (SSSR count). The fraction of sp³-hybridized carbons (Fsp3) is 0.667. The maximum Gasteiger partial charge on any atom is 0.141 e. The molecule has 0 bridgehead atoms. The van der Waals surface area contributed by atoms with E-state index in [1.807, 2.05) is 0 Å². The Labute approximate surface area is 67.1 Å². The summed E-state index contributed by atoms with van der Waals surface area (Å²) in [4.78, 5) is 21.3. The van der Waals surface area contributed by atoms with E-state index in [1.165, 1.54) is 0 Å². The third-order valence-corrected chi connectivity index (χ3v) is 2.17. The topological polar surface area (TPSA) is 34.1 Å². The maximum absolute atomic E-state index is 10.7. The second-order valence-electron chi connectivity index (χ2n) is 2.26. The number of halogens is 1. The summed E-state index contributed by atoms with van der Waals surface area (Å²) < 4.78 is 0.261. The predicted molar refractivity (Wildman–Crippen MR) is 41.7 cm³/mol. The van der Waals surface area contributed by atoms with Gasteiger partial charge in [-0.3, -0.25) is 9.59 Å². The van der Waals surface area contributed by atoms with E-state index in [0.29, 0.717) is 12.8 Å². The Balaban J connectivity index is 2.53. The van der Waals surface area contributed by atoms with Crippen LogP contribution in [-0.2, 0) is 9.59 Å². The van der Waals surface area contributed by atoms with Crippen molar-refractivity contribution >= 4 is 34.2 Å². The van der Waals surface area contributed by atoms with Crippen LogP contribution in [0.3, 0.4) is 0 Å². The summed E-state index contributed by atoms with van der Waals surface area (Å²) in [6.07, 6.45) is 1.36. The standard InChI is InChI=1S/C6H7IO2/c7-4-1-5(8)3-6(9)2-4/h4H,1-3H2. The Morgan fingerprint density at radius 2 is 1.67 bits per heavy atom. The molecule has 1 saturated carbocycles. The number of rotatable bonds is 0. The third-order valence-electron chi connectivity index (χ3n) is 1.29. The molecule has 0 aromatic heterocycles. The van der Waals surface area contributed by atoms with E-state index in [9.17, 15) is 9.59 Å². The monoisotopic (exact) mass is 238 g/mol. The zero-order chi connectivity index (χ0) is 6.85. The molecule has 1 fully saturated rings. The number of alkyl halides is 1. The van der Waals surface area contributed by atoms with Crippen LogP contribution in [0.5, 0.6) is 0 Å². The largest absolute Gasteiger partial charge is 0.299 e. The molecule has 0 unspecified atom stereocenters. The third kappa shape index (κ3) is 2.04. The summed E-state index contributed by atoms with van der Waals surface area (Å²) in [6.45, 7) is 0.